The number of hydrogen-bond acceptors (Lipinski definition) is 11. The highest BCUT2D eigenvalue weighted by atomic mass is 32.1. The van der Waals surface area contributed by atoms with Crippen molar-refractivity contribution in [2.75, 3.05) is 11.5 Å². The van der Waals surface area contributed by atoms with E-state index in [1.165, 1.54) is 27.4 Å². The quantitative estimate of drug-likeness (QED) is 0.342. The number of esters is 1. The van der Waals surface area contributed by atoms with E-state index in [9.17, 15) is 18.4 Å². The molecule has 0 saturated heterocycles. The average molecular weight is 580 g/mol. The lowest BCUT2D eigenvalue weighted by Gasteiger charge is -2.37. The second-order valence-corrected chi connectivity index (χ2v) is 11.1. The Labute approximate surface area is 233 Å². The first-order chi connectivity index (χ1) is 18.8. The van der Waals surface area contributed by atoms with E-state index in [0.717, 1.165) is 11.3 Å². The standard InChI is InChI=1S/C25H31F2N7O5S/c1-6-37-22(35)16-13-40-21(29-16)20-30-18(11-19(31-20)38-12-17-28-14-33(5)32-17)34(23(36)39-24(2,3)4)15-7-9-25(26,27)10-8-15/h11,13-15H,6-10,12H2,1-5H3. The number of aromatic nitrogens is 6. The molecule has 4 rings (SSSR count). The molecule has 1 saturated carbocycles. The van der Waals surface area contributed by atoms with Gasteiger partial charge in [-0.1, -0.05) is 0 Å². The summed E-state index contributed by atoms with van der Waals surface area (Å²) in [6.07, 6.45) is 0.118. The molecule has 3 heterocycles. The summed E-state index contributed by atoms with van der Waals surface area (Å²) in [5.41, 5.74) is -0.771. The van der Waals surface area contributed by atoms with Crippen LogP contribution in [0.3, 0.4) is 0 Å². The summed E-state index contributed by atoms with van der Waals surface area (Å²) in [7, 11) is 1.72. The van der Waals surface area contributed by atoms with Crippen molar-refractivity contribution in [3.8, 4) is 16.7 Å². The third-order valence-corrected chi connectivity index (χ3v) is 6.59. The Morgan fingerprint density at radius 1 is 1.20 bits per heavy atom. The van der Waals surface area contributed by atoms with Crippen LogP contribution >= 0.6 is 11.3 Å². The van der Waals surface area contributed by atoms with Gasteiger partial charge in [0, 0.05) is 37.4 Å². The van der Waals surface area contributed by atoms with E-state index in [1.807, 2.05) is 0 Å². The molecule has 0 atom stereocenters. The maximum atomic E-state index is 14.0. The number of nitrogens with zero attached hydrogens (tertiary/aromatic N) is 7. The van der Waals surface area contributed by atoms with Crippen molar-refractivity contribution in [2.24, 2.45) is 7.05 Å². The average Bonchev–Trinajstić information content (AvgIpc) is 3.52. The Balaban J connectivity index is 1.74. The summed E-state index contributed by atoms with van der Waals surface area (Å²) in [6.45, 7) is 6.97. The van der Waals surface area contributed by atoms with Crippen LogP contribution in [0.25, 0.3) is 10.8 Å². The number of halogens is 2. The molecule has 0 aromatic carbocycles. The molecule has 1 amide bonds. The molecule has 3 aromatic rings. The van der Waals surface area contributed by atoms with Crippen LogP contribution in [0.15, 0.2) is 17.8 Å². The molecule has 40 heavy (non-hydrogen) atoms. The van der Waals surface area contributed by atoms with Crippen LogP contribution in [0.5, 0.6) is 5.88 Å². The molecule has 0 spiro atoms. The predicted octanol–water partition coefficient (Wildman–Crippen LogP) is 4.80. The Morgan fingerprint density at radius 2 is 1.93 bits per heavy atom. The fourth-order valence-corrected chi connectivity index (χ4v) is 4.71. The first kappa shape index (κ1) is 29.2. The molecular weight excluding hydrogens is 548 g/mol. The molecular formula is C25H31F2N7O5S. The minimum absolute atomic E-state index is 0.0369. The number of amides is 1. The third kappa shape index (κ3) is 7.46. The lowest BCUT2D eigenvalue weighted by Crippen LogP contribution is -2.47. The van der Waals surface area contributed by atoms with Crippen LogP contribution in [0.4, 0.5) is 19.4 Å². The fraction of sp³-hybridized carbons (Fsp3) is 0.560. The SMILES string of the molecule is CCOC(=O)c1csc(-c2nc(OCc3ncn(C)n3)cc(N(C(=O)OC(C)(C)C)C3CCC(F)(F)CC3)n2)n1. The van der Waals surface area contributed by atoms with Gasteiger partial charge in [0.25, 0.3) is 0 Å². The van der Waals surface area contributed by atoms with E-state index >= 15 is 0 Å². The zero-order valence-electron chi connectivity index (χ0n) is 22.9. The highest BCUT2D eigenvalue weighted by molar-refractivity contribution is 7.13. The molecule has 0 bridgehead atoms. The molecule has 216 valence electrons. The predicted molar refractivity (Wildman–Crippen MR) is 140 cm³/mol. The van der Waals surface area contributed by atoms with Crippen LogP contribution < -0.4 is 9.64 Å². The largest absolute Gasteiger partial charge is 0.469 e. The highest BCUT2D eigenvalue weighted by Gasteiger charge is 2.40. The van der Waals surface area contributed by atoms with Crippen LogP contribution in [-0.2, 0) is 23.1 Å². The minimum atomic E-state index is -2.80. The van der Waals surface area contributed by atoms with Gasteiger partial charge in [-0.2, -0.15) is 10.1 Å². The van der Waals surface area contributed by atoms with Crippen molar-refractivity contribution in [3.63, 3.8) is 0 Å². The van der Waals surface area contributed by atoms with Gasteiger partial charge in [-0.3, -0.25) is 9.58 Å². The van der Waals surface area contributed by atoms with Gasteiger partial charge in [-0.15, -0.1) is 11.3 Å². The van der Waals surface area contributed by atoms with Crippen LogP contribution in [0, 0.1) is 0 Å². The first-order valence-electron chi connectivity index (χ1n) is 12.7. The Morgan fingerprint density at radius 3 is 2.55 bits per heavy atom. The third-order valence-electron chi connectivity index (χ3n) is 5.75. The molecule has 1 fully saturated rings. The van der Waals surface area contributed by atoms with Crippen molar-refractivity contribution >= 4 is 29.2 Å². The molecule has 12 nitrogen and oxygen atoms in total. The summed E-state index contributed by atoms with van der Waals surface area (Å²) in [5.74, 6) is -2.79. The van der Waals surface area contributed by atoms with E-state index < -0.39 is 29.6 Å². The van der Waals surface area contributed by atoms with Gasteiger partial charge in [-0.25, -0.2) is 33.3 Å². The molecule has 0 radical (unpaired) electrons. The summed E-state index contributed by atoms with van der Waals surface area (Å²) < 4.78 is 46.1. The van der Waals surface area contributed by atoms with E-state index in [0.29, 0.717) is 5.82 Å². The van der Waals surface area contributed by atoms with Crippen molar-refractivity contribution in [3.05, 3.63) is 29.3 Å². The second kappa shape index (κ2) is 11.8. The molecule has 0 aliphatic heterocycles. The van der Waals surface area contributed by atoms with Crippen LogP contribution in [-0.4, -0.2) is 66.0 Å². The molecule has 0 unspecified atom stereocenters. The van der Waals surface area contributed by atoms with Crippen molar-refractivity contribution in [2.45, 2.75) is 77.6 Å². The number of rotatable bonds is 8. The highest BCUT2D eigenvalue weighted by Crippen LogP contribution is 2.38. The Kier molecular flexibility index (Phi) is 8.61. The molecule has 15 heteroatoms. The van der Waals surface area contributed by atoms with E-state index in [-0.39, 0.29) is 67.1 Å². The first-order valence-corrected chi connectivity index (χ1v) is 13.6. The van der Waals surface area contributed by atoms with Crippen LogP contribution in [0.2, 0.25) is 0 Å². The molecule has 0 N–H and O–H groups in total. The zero-order chi connectivity index (χ0) is 29.1. The summed E-state index contributed by atoms with van der Waals surface area (Å²) >= 11 is 1.10. The van der Waals surface area contributed by atoms with Gasteiger partial charge in [0.05, 0.1) is 6.61 Å². The summed E-state index contributed by atoms with van der Waals surface area (Å²) in [4.78, 5) is 44.3. The van der Waals surface area contributed by atoms with Crippen LogP contribution in [0.1, 0.15) is 69.7 Å². The van der Waals surface area contributed by atoms with Gasteiger partial charge in [0.2, 0.25) is 11.8 Å². The van der Waals surface area contributed by atoms with Crippen molar-refractivity contribution < 1.29 is 32.6 Å². The summed E-state index contributed by atoms with van der Waals surface area (Å²) in [6, 6.07) is 0.831. The number of alkyl halides is 2. The topological polar surface area (TPSA) is 134 Å². The number of aryl methyl sites for hydroxylation is 1. The molecule has 1 aliphatic rings. The van der Waals surface area contributed by atoms with Gasteiger partial charge < -0.3 is 14.2 Å². The number of hydrogen-bond donors (Lipinski definition) is 0. The number of carbonyl (C=O) groups is 2. The second-order valence-electron chi connectivity index (χ2n) is 10.2. The van der Waals surface area contributed by atoms with E-state index in [4.69, 9.17) is 14.2 Å². The smallest absolute Gasteiger partial charge is 0.416 e. The van der Waals surface area contributed by atoms with Gasteiger partial charge >= 0.3 is 12.1 Å². The normalized spacial score (nSPS) is 15.5. The number of thiazole rings is 1. The van der Waals surface area contributed by atoms with Gasteiger partial charge in [0.1, 0.15) is 17.7 Å². The van der Waals surface area contributed by atoms with Crippen molar-refractivity contribution in [1.29, 1.82) is 0 Å². The van der Waals surface area contributed by atoms with Gasteiger partial charge in [-0.05, 0) is 40.5 Å². The van der Waals surface area contributed by atoms with Gasteiger partial charge in [0.15, 0.2) is 29.0 Å². The lowest BCUT2D eigenvalue weighted by atomic mass is 9.91. The Bertz CT molecular complexity index is 1350. The number of carbonyl (C=O) groups excluding carboxylic acids is 2. The maximum absolute atomic E-state index is 14.0. The lowest BCUT2D eigenvalue weighted by molar-refractivity contribution is -0.0388. The van der Waals surface area contributed by atoms with E-state index in [2.05, 4.69) is 25.0 Å². The van der Waals surface area contributed by atoms with Crippen molar-refractivity contribution in [1.82, 2.24) is 29.7 Å². The number of anilines is 1. The number of ether oxygens (including phenoxy) is 3. The monoisotopic (exact) mass is 579 g/mol. The zero-order valence-corrected chi connectivity index (χ0v) is 23.7. The molecule has 1 aliphatic carbocycles. The maximum Gasteiger partial charge on any atom is 0.416 e. The Hall–Kier alpha value is -3.75. The fourth-order valence-electron chi connectivity index (χ4n) is 3.99. The minimum Gasteiger partial charge on any atom is -0.469 e. The summed E-state index contributed by atoms with van der Waals surface area (Å²) in [5, 5.41) is 5.96. The van der Waals surface area contributed by atoms with E-state index in [1.54, 1.807) is 34.7 Å². The molecule has 3 aromatic heterocycles.